The van der Waals surface area contributed by atoms with Crippen LogP contribution < -0.4 is 0 Å². The van der Waals surface area contributed by atoms with Crippen LogP contribution in [0.2, 0.25) is 0 Å². The molecular formula is C10H6BrN3O. The SMILES string of the molecule is Cc1nnc(-c2ccc(Br)c(C#N)c2)o1. The van der Waals surface area contributed by atoms with E-state index < -0.39 is 0 Å². The third-order valence-electron chi connectivity index (χ3n) is 1.86. The van der Waals surface area contributed by atoms with E-state index in [1.807, 2.05) is 6.07 Å². The molecule has 0 aliphatic rings. The number of hydrogen-bond donors (Lipinski definition) is 0. The van der Waals surface area contributed by atoms with E-state index in [2.05, 4.69) is 32.2 Å². The fourth-order valence-electron chi connectivity index (χ4n) is 1.16. The smallest absolute Gasteiger partial charge is 0.247 e. The first-order valence-electron chi connectivity index (χ1n) is 4.21. The van der Waals surface area contributed by atoms with Crippen LogP contribution in [0.4, 0.5) is 0 Å². The molecule has 0 bridgehead atoms. The molecule has 2 aromatic rings. The lowest BCUT2D eigenvalue weighted by molar-refractivity contribution is 0.533. The van der Waals surface area contributed by atoms with Crippen molar-refractivity contribution in [1.29, 1.82) is 5.26 Å². The minimum atomic E-state index is 0.427. The summed E-state index contributed by atoms with van der Waals surface area (Å²) in [6.45, 7) is 1.72. The Morgan fingerprint density at radius 3 is 2.80 bits per heavy atom. The maximum Gasteiger partial charge on any atom is 0.247 e. The Hall–Kier alpha value is -1.67. The van der Waals surface area contributed by atoms with Crippen molar-refractivity contribution in [1.82, 2.24) is 10.2 Å². The summed E-state index contributed by atoms with van der Waals surface area (Å²) >= 11 is 3.28. The maximum atomic E-state index is 8.85. The van der Waals surface area contributed by atoms with E-state index in [4.69, 9.17) is 9.68 Å². The van der Waals surface area contributed by atoms with Crippen molar-refractivity contribution >= 4 is 15.9 Å². The Balaban J connectivity index is 2.51. The van der Waals surface area contributed by atoms with Gasteiger partial charge in [0, 0.05) is 17.0 Å². The summed E-state index contributed by atoms with van der Waals surface area (Å²) in [4.78, 5) is 0. The molecule has 0 aliphatic carbocycles. The van der Waals surface area contributed by atoms with Gasteiger partial charge in [-0.15, -0.1) is 10.2 Å². The van der Waals surface area contributed by atoms with Crippen molar-refractivity contribution in [2.75, 3.05) is 0 Å². The molecule has 0 aliphatic heterocycles. The second kappa shape index (κ2) is 3.83. The Bertz CT molecular complexity index is 542. The highest BCUT2D eigenvalue weighted by Gasteiger charge is 2.08. The lowest BCUT2D eigenvalue weighted by Gasteiger charge is -1.97. The summed E-state index contributed by atoms with van der Waals surface area (Å²) in [5.74, 6) is 0.933. The van der Waals surface area contributed by atoms with E-state index >= 15 is 0 Å². The standard InChI is InChI=1S/C10H6BrN3O/c1-6-13-14-10(15-6)7-2-3-9(11)8(4-7)5-12/h2-4H,1H3. The molecule has 0 fully saturated rings. The molecule has 0 atom stereocenters. The van der Waals surface area contributed by atoms with Gasteiger partial charge >= 0.3 is 0 Å². The van der Waals surface area contributed by atoms with Gasteiger partial charge < -0.3 is 4.42 Å². The van der Waals surface area contributed by atoms with E-state index in [0.29, 0.717) is 17.3 Å². The third kappa shape index (κ3) is 1.90. The van der Waals surface area contributed by atoms with E-state index in [0.717, 1.165) is 10.0 Å². The molecule has 2 rings (SSSR count). The molecule has 5 heteroatoms. The minimum Gasteiger partial charge on any atom is -0.421 e. The van der Waals surface area contributed by atoms with E-state index in [1.165, 1.54) is 0 Å². The van der Waals surface area contributed by atoms with E-state index in [-0.39, 0.29) is 0 Å². The Morgan fingerprint density at radius 1 is 1.40 bits per heavy atom. The summed E-state index contributed by atoms with van der Waals surface area (Å²) in [6, 6.07) is 7.38. The van der Waals surface area contributed by atoms with Gasteiger partial charge in [0.25, 0.3) is 0 Å². The molecule has 0 unspecified atom stereocenters. The molecular weight excluding hydrogens is 258 g/mol. The van der Waals surface area contributed by atoms with Crippen LogP contribution in [0, 0.1) is 18.3 Å². The Morgan fingerprint density at radius 2 is 2.20 bits per heavy atom. The first-order chi connectivity index (χ1) is 7.20. The van der Waals surface area contributed by atoms with E-state index in [9.17, 15) is 0 Å². The van der Waals surface area contributed by atoms with Crippen molar-refractivity contribution in [3.05, 3.63) is 34.1 Å². The van der Waals surface area contributed by atoms with Gasteiger partial charge in [0.15, 0.2) is 0 Å². The topological polar surface area (TPSA) is 62.7 Å². The largest absolute Gasteiger partial charge is 0.421 e. The first kappa shape index (κ1) is 9.87. The lowest BCUT2D eigenvalue weighted by atomic mass is 10.1. The number of nitriles is 1. The van der Waals surface area contributed by atoms with E-state index in [1.54, 1.807) is 19.1 Å². The molecule has 1 aromatic heterocycles. The monoisotopic (exact) mass is 263 g/mol. The number of nitrogens with zero attached hydrogens (tertiary/aromatic N) is 3. The molecule has 0 amide bonds. The zero-order chi connectivity index (χ0) is 10.8. The fraction of sp³-hybridized carbons (Fsp3) is 0.100. The molecule has 0 N–H and O–H groups in total. The van der Waals surface area contributed by atoms with Crippen LogP contribution in [0.5, 0.6) is 0 Å². The Kier molecular flexibility index (Phi) is 2.52. The third-order valence-corrected chi connectivity index (χ3v) is 2.55. The number of aryl methyl sites for hydroxylation is 1. The summed E-state index contributed by atoms with van der Waals surface area (Å²) in [7, 11) is 0. The number of aromatic nitrogens is 2. The second-order valence-electron chi connectivity index (χ2n) is 2.93. The molecule has 4 nitrogen and oxygen atoms in total. The zero-order valence-electron chi connectivity index (χ0n) is 7.86. The highest BCUT2D eigenvalue weighted by atomic mass is 79.9. The zero-order valence-corrected chi connectivity index (χ0v) is 9.45. The Labute approximate surface area is 94.7 Å². The van der Waals surface area contributed by atoms with Gasteiger partial charge in [0.05, 0.1) is 5.56 Å². The van der Waals surface area contributed by atoms with Crippen LogP contribution in [0.1, 0.15) is 11.5 Å². The first-order valence-corrected chi connectivity index (χ1v) is 5.00. The lowest BCUT2D eigenvalue weighted by Crippen LogP contribution is -1.82. The summed E-state index contributed by atoms with van der Waals surface area (Å²) in [5, 5.41) is 16.5. The fourth-order valence-corrected chi connectivity index (χ4v) is 1.49. The van der Waals surface area contributed by atoms with Crippen LogP contribution >= 0.6 is 15.9 Å². The van der Waals surface area contributed by atoms with Crippen molar-refractivity contribution in [2.24, 2.45) is 0 Å². The summed E-state index contributed by atoms with van der Waals surface area (Å²) < 4.78 is 6.02. The highest BCUT2D eigenvalue weighted by Crippen LogP contribution is 2.23. The van der Waals surface area contributed by atoms with Crippen LogP contribution in [-0.4, -0.2) is 10.2 Å². The molecule has 0 spiro atoms. The van der Waals surface area contributed by atoms with Gasteiger partial charge in [-0.1, -0.05) is 0 Å². The number of hydrogen-bond acceptors (Lipinski definition) is 4. The predicted molar refractivity (Wildman–Crippen MR) is 56.9 cm³/mol. The van der Waals surface area contributed by atoms with Crippen molar-refractivity contribution in [2.45, 2.75) is 6.92 Å². The molecule has 1 heterocycles. The maximum absolute atomic E-state index is 8.85. The van der Waals surface area contributed by atoms with Crippen molar-refractivity contribution in [3.63, 3.8) is 0 Å². The summed E-state index contributed by atoms with van der Waals surface area (Å²) in [6.07, 6.45) is 0. The molecule has 74 valence electrons. The van der Waals surface area contributed by atoms with Gasteiger partial charge in [0.2, 0.25) is 11.8 Å². The quantitative estimate of drug-likeness (QED) is 0.794. The average Bonchev–Trinajstić information content (AvgIpc) is 2.66. The highest BCUT2D eigenvalue weighted by molar-refractivity contribution is 9.10. The number of halogens is 1. The normalized spacial score (nSPS) is 9.93. The van der Waals surface area contributed by atoms with Gasteiger partial charge in [-0.05, 0) is 34.1 Å². The molecule has 0 saturated heterocycles. The molecule has 0 radical (unpaired) electrons. The average molecular weight is 264 g/mol. The van der Waals surface area contributed by atoms with Crippen LogP contribution in [0.15, 0.2) is 27.1 Å². The molecule has 0 saturated carbocycles. The summed E-state index contributed by atoms with van der Waals surface area (Å²) in [5.41, 5.74) is 1.29. The van der Waals surface area contributed by atoms with Crippen LogP contribution in [0.3, 0.4) is 0 Å². The van der Waals surface area contributed by atoms with Gasteiger partial charge in [-0.25, -0.2) is 0 Å². The molecule has 1 aromatic carbocycles. The number of rotatable bonds is 1. The minimum absolute atomic E-state index is 0.427. The van der Waals surface area contributed by atoms with Gasteiger partial charge in [-0.2, -0.15) is 5.26 Å². The number of benzene rings is 1. The van der Waals surface area contributed by atoms with Crippen LogP contribution in [-0.2, 0) is 0 Å². The second-order valence-corrected chi connectivity index (χ2v) is 3.79. The van der Waals surface area contributed by atoms with Crippen LogP contribution in [0.25, 0.3) is 11.5 Å². The molecule has 15 heavy (non-hydrogen) atoms. The predicted octanol–water partition coefficient (Wildman–Crippen LogP) is 2.68. The van der Waals surface area contributed by atoms with Crippen molar-refractivity contribution < 1.29 is 4.42 Å². The van der Waals surface area contributed by atoms with Crippen molar-refractivity contribution in [3.8, 4) is 17.5 Å². The van der Waals surface area contributed by atoms with Gasteiger partial charge in [-0.3, -0.25) is 0 Å². The van der Waals surface area contributed by atoms with Gasteiger partial charge in [0.1, 0.15) is 6.07 Å².